The molecule has 10 nitrogen and oxygen atoms in total. The van der Waals surface area contributed by atoms with Crippen molar-refractivity contribution < 1.29 is 37.9 Å². The first-order valence-electron chi connectivity index (χ1n) is 9.22. The number of anilines is 2. The molecule has 0 saturated heterocycles. The lowest BCUT2D eigenvalue weighted by Gasteiger charge is -2.16. The van der Waals surface area contributed by atoms with Crippen LogP contribution in [0.5, 0.6) is 0 Å². The molecule has 4 N–H and O–H groups in total. The summed E-state index contributed by atoms with van der Waals surface area (Å²) in [7, 11) is 1.22. The molecule has 0 saturated carbocycles. The topological polar surface area (TPSA) is 137 Å². The third-order valence-electron chi connectivity index (χ3n) is 3.83. The smallest absolute Gasteiger partial charge is 0.277 e. The van der Waals surface area contributed by atoms with E-state index in [9.17, 15) is 13.6 Å². The van der Waals surface area contributed by atoms with E-state index in [0.29, 0.717) is 3.57 Å². The van der Waals surface area contributed by atoms with E-state index in [1.165, 1.54) is 19.2 Å². The zero-order valence-corrected chi connectivity index (χ0v) is 19.3. The van der Waals surface area contributed by atoms with Crippen molar-refractivity contribution in [3.05, 3.63) is 56.4 Å². The summed E-state index contributed by atoms with van der Waals surface area (Å²) < 4.78 is 44.9. The molecule has 0 aliphatic heterocycles. The van der Waals surface area contributed by atoms with Gasteiger partial charge in [0.2, 0.25) is 0 Å². The summed E-state index contributed by atoms with van der Waals surface area (Å²) in [6.45, 7) is -1.23. The van der Waals surface area contributed by atoms with Gasteiger partial charge in [0.1, 0.15) is 12.4 Å². The first-order valence-corrected chi connectivity index (χ1v) is 10.3. The van der Waals surface area contributed by atoms with Crippen LogP contribution in [0.25, 0.3) is 0 Å². The van der Waals surface area contributed by atoms with Gasteiger partial charge < -0.3 is 20.4 Å². The molecule has 0 atom stereocenters. The van der Waals surface area contributed by atoms with Gasteiger partial charge in [0.05, 0.1) is 42.3 Å². The van der Waals surface area contributed by atoms with Crippen LogP contribution in [0.3, 0.4) is 0 Å². The monoisotopic (exact) mass is 581 g/mol. The minimum absolute atomic E-state index is 0.197. The first-order chi connectivity index (χ1) is 15.8. The molecule has 0 bridgehead atoms. The van der Waals surface area contributed by atoms with Crippen LogP contribution < -0.4 is 10.8 Å². The summed E-state index contributed by atoms with van der Waals surface area (Å²) >= 11 is 1.87. The number of hydroxylamine groups is 1. The summed E-state index contributed by atoms with van der Waals surface area (Å²) in [4.78, 5) is 25.7. The van der Waals surface area contributed by atoms with E-state index < -0.39 is 52.6 Å². The lowest BCUT2D eigenvalue weighted by Crippen LogP contribution is -2.27. The predicted octanol–water partition coefficient (Wildman–Crippen LogP) is 2.86. The van der Waals surface area contributed by atoms with Gasteiger partial charge in [0.15, 0.2) is 17.5 Å². The van der Waals surface area contributed by atoms with Crippen molar-refractivity contribution in [3.8, 4) is 0 Å². The molecule has 0 aliphatic carbocycles. The molecule has 0 spiro atoms. The summed E-state index contributed by atoms with van der Waals surface area (Å²) in [6, 6.07) is 4.88. The molecule has 0 radical (unpaired) electrons. The number of aliphatic hydroxyl groups is 2. The second-order valence-electron chi connectivity index (χ2n) is 6.01. The Bertz CT molecular complexity index is 1050. The number of hydrogen-bond acceptors (Lipinski definition) is 8. The standard InChI is InChI=1S/C19H19F3IN5O5/c1-24-18(26-28-33-7-5-30)11-9-12(19(31)27-32-6-4-29)17(16(22)15(11)21)25-14-3-2-10(23)8-13(14)20/h2-3,8-9,25,29-30H,4-7H2,1H3,(H,27,31)/b24-18+,28-26+. The third kappa shape index (κ3) is 7.08. The number of rotatable bonds is 10. The molecule has 0 fully saturated rings. The zero-order chi connectivity index (χ0) is 24.4. The highest BCUT2D eigenvalue weighted by molar-refractivity contribution is 14.1. The largest absolute Gasteiger partial charge is 0.394 e. The highest BCUT2D eigenvalue weighted by Crippen LogP contribution is 2.31. The second kappa shape index (κ2) is 13.0. The van der Waals surface area contributed by atoms with E-state index in [1.54, 1.807) is 0 Å². The van der Waals surface area contributed by atoms with Gasteiger partial charge in [0, 0.05) is 15.9 Å². The Hall–Kier alpha value is -2.82. The van der Waals surface area contributed by atoms with Crippen molar-refractivity contribution in [2.45, 2.75) is 0 Å². The molecule has 0 aromatic heterocycles. The zero-order valence-electron chi connectivity index (χ0n) is 17.1. The van der Waals surface area contributed by atoms with Crippen molar-refractivity contribution in [1.29, 1.82) is 0 Å². The molecule has 2 aromatic rings. The Balaban J connectivity index is 2.56. The Morgan fingerprint density at radius 1 is 1.09 bits per heavy atom. The van der Waals surface area contributed by atoms with E-state index >= 15 is 4.39 Å². The molecule has 0 unspecified atom stereocenters. The fraction of sp³-hybridized carbons (Fsp3) is 0.263. The van der Waals surface area contributed by atoms with Gasteiger partial charge in [-0.15, -0.1) is 0 Å². The minimum atomic E-state index is -1.52. The highest BCUT2D eigenvalue weighted by Gasteiger charge is 2.26. The molecule has 0 heterocycles. The number of carbonyl (C=O) groups excluding carboxylic acids is 1. The van der Waals surface area contributed by atoms with Gasteiger partial charge in [-0.05, 0) is 46.9 Å². The van der Waals surface area contributed by atoms with Gasteiger partial charge >= 0.3 is 0 Å². The number of hydrogen-bond donors (Lipinski definition) is 4. The third-order valence-corrected chi connectivity index (χ3v) is 4.50. The van der Waals surface area contributed by atoms with E-state index in [4.69, 9.17) is 15.1 Å². The van der Waals surface area contributed by atoms with Crippen LogP contribution in [0.15, 0.2) is 39.6 Å². The summed E-state index contributed by atoms with van der Waals surface area (Å²) in [5.41, 5.74) is 0.0530. The minimum Gasteiger partial charge on any atom is -0.394 e. The fourth-order valence-corrected chi connectivity index (χ4v) is 2.85. The van der Waals surface area contributed by atoms with Crippen molar-refractivity contribution in [3.63, 3.8) is 0 Å². The lowest BCUT2D eigenvalue weighted by molar-refractivity contribution is 0.0168. The lowest BCUT2D eigenvalue weighted by atomic mass is 10.0. The number of aliphatic hydroxyl groups excluding tert-OH is 2. The Morgan fingerprint density at radius 3 is 2.45 bits per heavy atom. The number of carbonyl (C=O) groups is 1. The van der Waals surface area contributed by atoms with Gasteiger partial charge in [-0.3, -0.25) is 14.6 Å². The Kier molecular flexibility index (Phi) is 10.4. The number of halogens is 4. The van der Waals surface area contributed by atoms with Crippen LogP contribution in [-0.4, -0.2) is 55.4 Å². The number of nitrogens with one attached hydrogen (secondary N) is 2. The van der Waals surface area contributed by atoms with Crippen LogP contribution in [-0.2, 0) is 9.68 Å². The average molecular weight is 581 g/mol. The molecule has 14 heteroatoms. The van der Waals surface area contributed by atoms with Crippen molar-refractivity contribution in [2.75, 3.05) is 38.8 Å². The van der Waals surface area contributed by atoms with Crippen LogP contribution in [0.1, 0.15) is 15.9 Å². The maximum Gasteiger partial charge on any atom is 0.277 e. The van der Waals surface area contributed by atoms with Crippen LogP contribution in [0.2, 0.25) is 0 Å². The van der Waals surface area contributed by atoms with Gasteiger partial charge in [0.25, 0.3) is 5.91 Å². The molecular weight excluding hydrogens is 562 g/mol. The number of benzene rings is 2. The second-order valence-corrected chi connectivity index (χ2v) is 7.26. The number of amides is 1. The summed E-state index contributed by atoms with van der Waals surface area (Å²) in [5, 5.41) is 26.6. The summed E-state index contributed by atoms with van der Waals surface area (Å²) in [5.74, 6) is -5.19. The number of amidine groups is 1. The van der Waals surface area contributed by atoms with Crippen molar-refractivity contribution in [1.82, 2.24) is 5.48 Å². The Labute approximate surface area is 199 Å². The van der Waals surface area contributed by atoms with Crippen LogP contribution in [0.4, 0.5) is 24.5 Å². The highest BCUT2D eigenvalue weighted by atomic mass is 127. The van der Waals surface area contributed by atoms with Gasteiger partial charge in [-0.25, -0.2) is 18.7 Å². The van der Waals surface area contributed by atoms with Crippen LogP contribution in [0, 0.1) is 21.0 Å². The molecule has 1 amide bonds. The first kappa shape index (κ1) is 26.4. The molecule has 0 aliphatic rings. The molecule has 178 valence electrons. The molecule has 2 aromatic carbocycles. The molecular formula is C19H19F3IN5O5. The maximum absolute atomic E-state index is 15.1. The molecule has 33 heavy (non-hydrogen) atoms. The van der Waals surface area contributed by atoms with E-state index in [1.807, 2.05) is 28.1 Å². The van der Waals surface area contributed by atoms with E-state index in [0.717, 1.165) is 12.1 Å². The fourth-order valence-electron chi connectivity index (χ4n) is 2.40. The number of nitrogens with zero attached hydrogens (tertiary/aromatic N) is 3. The van der Waals surface area contributed by atoms with Crippen molar-refractivity contribution in [2.24, 2.45) is 15.4 Å². The Morgan fingerprint density at radius 2 is 1.82 bits per heavy atom. The van der Waals surface area contributed by atoms with Gasteiger partial charge in [-0.2, -0.15) is 0 Å². The predicted molar refractivity (Wildman–Crippen MR) is 120 cm³/mol. The normalized spacial score (nSPS) is 11.7. The van der Waals surface area contributed by atoms with Gasteiger partial charge in [-0.1, -0.05) is 5.11 Å². The van der Waals surface area contributed by atoms with E-state index in [2.05, 4.69) is 25.5 Å². The average Bonchev–Trinajstić information content (AvgIpc) is 2.79. The SMILES string of the molecule is C/N=C(/N=N/OCCO)c1cc(C(=O)NOCCO)c(Nc2ccc(I)cc2F)c(F)c1F. The van der Waals surface area contributed by atoms with Crippen LogP contribution >= 0.6 is 22.6 Å². The quantitative estimate of drug-likeness (QED) is 0.0851. The maximum atomic E-state index is 15.1. The van der Waals surface area contributed by atoms with Crippen molar-refractivity contribution >= 4 is 45.7 Å². The van der Waals surface area contributed by atoms with E-state index in [-0.39, 0.29) is 25.5 Å². The number of aliphatic imine (C=N–C) groups is 1. The molecule has 2 rings (SSSR count). The summed E-state index contributed by atoms with van der Waals surface area (Å²) in [6.07, 6.45) is 0.